The van der Waals surface area contributed by atoms with Crippen molar-refractivity contribution in [3.8, 4) is 0 Å². The van der Waals surface area contributed by atoms with E-state index in [4.69, 9.17) is 16.6 Å². The van der Waals surface area contributed by atoms with E-state index in [2.05, 4.69) is 16.0 Å². The van der Waals surface area contributed by atoms with Crippen LogP contribution in [0.2, 0.25) is 0 Å². The zero-order valence-corrected chi connectivity index (χ0v) is 15.4. The van der Waals surface area contributed by atoms with Crippen molar-refractivity contribution in [2.24, 2.45) is 0 Å². The van der Waals surface area contributed by atoms with Crippen molar-refractivity contribution in [3.63, 3.8) is 0 Å². The minimum Gasteiger partial charge on any atom is -0.459 e. The van der Waals surface area contributed by atoms with Crippen molar-refractivity contribution in [1.82, 2.24) is 5.32 Å². The molecule has 0 radical (unpaired) electrons. The number of carbonyl (C=O) groups excluding carboxylic acids is 2. The Morgan fingerprint density at radius 1 is 1.08 bits per heavy atom. The smallest absolute Gasteiger partial charge is 0.291 e. The van der Waals surface area contributed by atoms with E-state index in [1.54, 1.807) is 36.4 Å². The van der Waals surface area contributed by atoms with Crippen LogP contribution in [-0.4, -0.2) is 16.9 Å². The Morgan fingerprint density at radius 3 is 2.62 bits per heavy atom. The highest BCUT2D eigenvalue weighted by Gasteiger charge is 2.12. The lowest BCUT2D eigenvalue weighted by Gasteiger charge is -2.13. The standard InChI is InChI=1S/C18H15N3O3S2/c1-11-6-7-12(19-16(22)14-4-2-8-24-14)10-13(11)20-18(25)21-17(23)15-5-3-9-26-15/h2-10H,1H3,(H,19,22)(H2,20,21,23,25). The number of carbonyl (C=O) groups is 2. The Labute approximate surface area is 159 Å². The van der Waals surface area contributed by atoms with Crippen LogP contribution >= 0.6 is 23.6 Å². The van der Waals surface area contributed by atoms with Gasteiger partial charge in [0.05, 0.1) is 11.1 Å². The van der Waals surface area contributed by atoms with E-state index in [9.17, 15) is 9.59 Å². The minimum atomic E-state index is -0.349. The van der Waals surface area contributed by atoms with Gasteiger partial charge in [-0.25, -0.2) is 0 Å². The van der Waals surface area contributed by atoms with Crippen molar-refractivity contribution >= 4 is 51.9 Å². The maximum absolute atomic E-state index is 12.1. The fourth-order valence-corrected chi connectivity index (χ4v) is 2.98. The summed E-state index contributed by atoms with van der Waals surface area (Å²) in [5.41, 5.74) is 2.17. The lowest BCUT2D eigenvalue weighted by molar-refractivity contribution is 0.0978. The Balaban J connectivity index is 1.66. The van der Waals surface area contributed by atoms with E-state index < -0.39 is 0 Å². The van der Waals surface area contributed by atoms with Gasteiger partial charge in [0, 0.05) is 11.4 Å². The summed E-state index contributed by atoms with van der Waals surface area (Å²) in [5.74, 6) is -0.394. The first-order valence-corrected chi connectivity index (χ1v) is 8.93. The summed E-state index contributed by atoms with van der Waals surface area (Å²) in [7, 11) is 0. The van der Waals surface area contributed by atoms with Gasteiger partial charge in [-0.3, -0.25) is 14.9 Å². The van der Waals surface area contributed by atoms with Gasteiger partial charge in [0.1, 0.15) is 0 Å². The summed E-state index contributed by atoms with van der Waals surface area (Å²) < 4.78 is 5.07. The van der Waals surface area contributed by atoms with Gasteiger partial charge in [-0.15, -0.1) is 11.3 Å². The van der Waals surface area contributed by atoms with Crippen molar-refractivity contribution in [1.29, 1.82) is 0 Å². The van der Waals surface area contributed by atoms with Gasteiger partial charge in [0.2, 0.25) is 0 Å². The quantitative estimate of drug-likeness (QED) is 0.591. The molecule has 0 fully saturated rings. The number of hydrogen-bond acceptors (Lipinski definition) is 5. The number of anilines is 2. The first-order chi connectivity index (χ1) is 12.5. The number of nitrogens with one attached hydrogen (secondary N) is 3. The fourth-order valence-electron chi connectivity index (χ4n) is 2.16. The van der Waals surface area contributed by atoms with Crippen LogP contribution in [0.15, 0.2) is 58.5 Å². The van der Waals surface area contributed by atoms with Gasteiger partial charge in [0.15, 0.2) is 10.9 Å². The average Bonchev–Trinajstić information content (AvgIpc) is 3.31. The Bertz CT molecular complexity index is 935. The molecule has 0 unspecified atom stereocenters. The van der Waals surface area contributed by atoms with Gasteiger partial charge >= 0.3 is 0 Å². The number of furan rings is 1. The molecule has 132 valence electrons. The van der Waals surface area contributed by atoms with Gasteiger partial charge in [-0.1, -0.05) is 12.1 Å². The van der Waals surface area contributed by atoms with Crippen LogP contribution in [0.1, 0.15) is 25.8 Å². The molecule has 2 amide bonds. The van der Waals surface area contributed by atoms with Crippen LogP contribution in [0.25, 0.3) is 0 Å². The predicted molar refractivity (Wildman–Crippen MR) is 106 cm³/mol. The van der Waals surface area contributed by atoms with Gasteiger partial charge in [-0.05, 0) is 60.4 Å². The Morgan fingerprint density at radius 2 is 1.92 bits per heavy atom. The van der Waals surface area contributed by atoms with Crippen LogP contribution < -0.4 is 16.0 Å². The molecule has 0 aliphatic rings. The number of thiocarbonyl (C=S) groups is 1. The SMILES string of the molecule is Cc1ccc(NC(=O)c2ccco2)cc1NC(=S)NC(=O)c1cccs1. The number of thiophene rings is 1. The summed E-state index contributed by atoms with van der Waals surface area (Å²) in [4.78, 5) is 24.7. The Kier molecular flexibility index (Phi) is 5.45. The van der Waals surface area contributed by atoms with E-state index in [0.29, 0.717) is 16.3 Å². The second kappa shape index (κ2) is 7.94. The first-order valence-electron chi connectivity index (χ1n) is 7.64. The topological polar surface area (TPSA) is 83.4 Å². The van der Waals surface area contributed by atoms with E-state index in [0.717, 1.165) is 5.56 Å². The molecule has 26 heavy (non-hydrogen) atoms. The fraction of sp³-hybridized carbons (Fsp3) is 0.0556. The molecule has 8 heteroatoms. The summed E-state index contributed by atoms with van der Waals surface area (Å²) in [6.07, 6.45) is 1.44. The molecule has 0 saturated heterocycles. The van der Waals surface area contributed by atoms with Gasteiger partial charge in [0.25, 0.3) is 11.8 Å². The molecule has 2 aromatic heterocycles. The molecular formula is C18H15N3O3S2. The molecule has 3 N–H and O–H groups in total. The van der Waals surface area contributed by atoms with Crippen LogP contribution in [0, 0.1) is 6.92 Å². The van der Waals surface area contributed by atoms with Crippen molar-refractivity contribution in [3.05, 3.63) is 70.3 Å². The van der Waals surface area contributed by atoms with Crippen LogP contribution in [0.3, 0.4) is 0 Å². The summed E-state index contributed by atoms with van der Waals surface area (Å²) in [6, 6.07) is 12.1. The molecular weight excluding hydrogens is 370 g/mol. The van der Waals surface area contributed by atoms with Crippen LogP contribution in [-0.2, 0) is 0 Å². The third-order valence-electron chi connectivity index (χ3n) is 3.46. The molecule has 2 heterocycles. The second-order valence-corrected chi connectivity index (χ2v) is 6.70. The number of benzene rings is 1. The molecule has 6 nitrogen and oxygen atoms in total. The molecule has 0 saturated carbocycles. The van der Waals surface area contributed by atoms with Crippen LogP contribution in [0.5, 0.6) is 0 Å². The van der Waals surface area contributed by atoms with Crippen molar-refractivity contribution < 1.29 is 14.0 Å². The molecule has 0 atom stereocenters. The normalized spacial score (nSPS) is 10.2. The molecule has 0 aliphatic heterocycles. The van der Waals surface area contributed by atoms with E-state index >= 15 is 0 Å². The number of hydrogen-bond donors (Lipinski definition) is 3. The minimum absolute atomic E-state index is 0.181. The first kappa shape index (κ1) is 17.8. The zero-order valence-electron chi connectivity index (χ0n) is 13.7. The van der Waals surface area contributed by atoms with Gasteiger partial charge < -0.3 is 15.1 Å². The molecule has 3 aromatic rings. The largest absolute Gasteiger partial charge is 0.459 e. The molecule has 1 aromatic carbocycles. The lowest BCUT2D eigenvalue weighted by Crippen LogP contribution is -2.33. The average molecular weight is 385 g/mol. The van der Waals surface area contributed by atoms with Crippen LogP contribution in [0.4, 0.5) is 11.4 Å². The highest BCUT2D eigenvalue weighted by molar-refractivity contribution is 7.80. The summed E-state index contributed by atoms with van der Waals surface area (Å²) in [6.45, 7) is 1.89. The molecule has 0 aliphatic carbocycles. The highest BCUT2D eigenvalue weighted by Crippen LogP contribution is 2.21. The van der Waals surface area contributed by atoms with Crippen molar-refractivity contribution in [2.75, 3.05) is 10.6 Å². The third-order valence-corrected chi connectivity index (χ3v) is 4.53. The maximum atomic E-state index is 12.1. The monoisotopic (exact) mass is 385 g/mol. The second-order valence-electron chi connectivity index (χ2n) is 5.35. The zero-order chi connectivity index (χ0) is 18.5. The van der Waals surface area contributed by atoms with E-state index in [1.807, 2.05) is 18.4 Å². The third kappa shape index (κ3) is 4.35. The highest BCUT2D eigenvalue weighted by atomic mass is 32.1. The Hall–Kier alpha value is -2.97. The van der Waals surface area contributed by atoms with E-state index in [1.165, 1.54) is 17.6 Å². The number of rotatable bonds is 4. The molecule has 0 bridgehead atoms. The number of aryl methyl sites for hydroxylation is 1. The maximum Gasteiger partial charge on any atom is 0.291 e. The predicted octanol–water partition coefficient (Wildman–Crippen LogP) is 4.03. The molecule has 0 spiro atoms. The summed E-state index contributed by atoms with van der Waals surface area (Å²) >= 11 is 6.54. The van der Waals surface area contributed by atoms with Crippen molar-refractivity contribution in [2.45, 2.75) is 6.92 Å². The van der Waals surface area contributed by atoms with E-state index in [-0.39, 0.29) is 22.7 Å². The molecule has 3 rings (SSSR count). The number of amides is 2. The lowest BCUT2D eigenvalue weighted by atomic mass is 10.2. The summed E-state index contributed by atoms with van der Waals surface area (Å²) in [5, 5.41) is 10.4. The van der Waals surface area contributed by atoms with Gasteiger partial charge in [-0.2, -0.15) is 0 Å².